The Morgan fingerprint density at radius 1 is 1.30 bits per heavy atom. The molecule has 0 aliphatic rings. The highest BCUT2D eigenvalue weighted by Gasteiger charge is 2.23. The van der Waals surface area contributed by atoms with Crippen LogP contribution >= 0.6 is 0 Å². The number of rotatable bonds is 4. The van der Waals surface area contributed by atoms with E-state index >= 15 is 0 Å². The van der Waals surface area contributed by atoms with Crippen LogP contribution in [0.3, 0.4) is 0 Å². The molecule has 2 aromatic rings. The lowest BCUT2D eigenvalue weighted by atomic mass is 10.1. The number of sulfonamides is 1. The summed E-state index contributed by atoms with van der Waals surface area (Å²) in [5.41, 5.74) is 8.49. The van der Waals surface area contributed by atoms with Crippen LogP contribution in [0.25, 0.3) is 0 Å². The number of nitrogens with one attached hydrogen (secondary N) is 1. The molecule has 1 aromatic carbocycles. The zero-order valence-corrected chi connectivity index (χ0v) is 12.4. The number of nitrogen functional groups attached to an aromatic ring is 1. The Morgan fingerprint density at radius 3 is 2.60 bits per heavy atom. The number of aryl methyl sites for hydroxylation is 2. The molecule has 2 rings (SSSR count). The average molecular weight is 295 g/mol. The van der Waals surface area contributed by atoms with Gasteiger partial charge < -0.3 is 10.3 Å². The van der Waals surface area contributed by atoms with Crippen molar-refractivity contribution in [3.05, 3.63) is 40.8 Å². The zero-order chi connectivity index (χ0) is 14.9. The Hall–Kier alpha value is -1.86. The third kappa shape index (κ3) is 2.68. The molecular formula is C13H17N3O3S. The lowest BCUT2D eigenvalue weighted by Crippen LogP contribution is -2.24. The molecule has 0 bridgehead atoms. The van der Waals surface area contributed by atoms with Gasteiger partial charge in [0, 0.05) is 12.2 Å². The van der Waals surface area contributed by atoms with Crippen molar-refractivity contribution in [3.8, 4) is 0 Å². The molecule has 0 aliphatic carbocycles. The predicted octanol–water partition coefficient (Wildman–Crippen LogP) is 1.66. The quantitative estimate of drug-likeness (QED) is 0.836. The molecular weight excluding hydrogens is 278 g/mol. The summed E-state index contributed by atoms with van der Waals surface area (Å²) in [6.07, 6.45) is 0. The van der Waals surface area contributed by atoms with Gasteiger partial charge in [-0.05, 0) is 38.0 Å². The summed E-state index contributed by atoms with van der Waals surface area (Å²) in [4.78, 5) is 0.0963. The molecule has 0 spiro atoms. The van der Waals surface area contributed by atoms with Crippen molar-refractivity contribution in [2.75, 3.05) is 5.73 Å². The summed E-state index contributed by atoms with van der Waals surface area (Å²) >= 11 is 0. The normalized spacial score (nSPS) is 11.8. The van der Waals surface area contributed by atoms with Gasteiger partial charge in [0.25, 0.3) is 0 Å². The van der Waals surface area contributed by atoms with Crippen LogP contribution in [0.1, 0.15) is 22.6 Å². The summed E-state index contributed by atoms with van der Waals surface area (Å²) in [5, 5.41) is 3.65. The number of nitrogens with two attached hydrogens (primary N) is 1. The summed E-state index contributed by atoms with van der Waals surface area (Å²) in [5.74, 6) is 0.277. The molecule has 0 amide bonds. The third-order valence-electron chi connectivity index (χ3n) is 3.18. The number of hydrogen-bond donors (Lipinski definition) is 2. The van der Waals surface area contributed by atoms with Gasteiger partial charge >= 0.3 is 0 Å². The minimum absolute atomic E-state index is 0.0963. The van der Waals surface area contributed by atoms with E-state index in [2.05, 4.69) is 9.88 Å². The van der Waals surface area contributed by atoms with E-state index in [1.807, 2.05) is 13.0 Å². The maximum absolute atomic E-state index is 12.3. The Labute approximate surface area is 118 Å². The number of benzene rings is 1. The molecule has 1 aromatic heterocycles. The Bertz CT molecular complexity index is 716. The van der Waals surface area contributed by atoms with Gasteiger partial charge in [0.15, 0.2) is 5.76 Å². The van der Waals surface area contributed by atoms with E-state index in [-0.39, 0.29) is 17.2 Å². The van der Waals surface area contributed by atoms with E-state index in [9.17, 15) is 8.42 Å². The molecule has 7 heteroatoms. The molecule has 0 aliphatic heterocycles. The van der Waals surface area contributed by atoms with Crippen molar-refractivity contribution >= 4 is 15.7 Å². The molecule has 0 saturated heterocycles. The van der Waals surface area contributed by atoms with Gasteiger partial charge in [-0.25, -0.2) is 13.1 Å². The molecule has 0 atom stereocenters. The lowest BCUT2D eigenvalue weighted by Gasteiger charge is -2.10. The van der Waals surface area contributed by atoms with Gasteiger partial charge in [-0.15, -0.1) is 0 Å². The molecule has 108 valence electrons. The van der Waals surface area contributed by atoms with E-state index in [1.165, 1.54) is 0 Å². The monoisotopic (exact) mass is 295 g/mol. The number of nitrogens with zero attached hydrogens (tertiary/aromatic N) is 1. The van der Waals surface area contributed by atoms with Crippen molar-refractivity contribution in [1.29, 1.82) is 0 Å². The SMILES string of the molecule is Cc1noc(C)c1S(=O)(=O)NCc1cccc(N)c1C. The topological polar surface area (TPSA) is 98.2 Å². The average Bonchev–Trinajstić information content (AvgIpc) is 2.71. The second-order valence-electron chi connectivity index (χ2n) is 4.61. The van der Waals surface area contributed by atoms with Crippen LogP contribution in [0.15, 0.2) is 27.6 Å². The van der Waals surface area contributed by atoms with Crippen molar-refractivity contribution < 1.29 is 12.9 Å². The van der Waals surface area contributed by atoms with Gasteiger partial charge in [0.05, 0.1) is 0 Å². The van der Waals surface area contributed by atoms with Crippen molar-refractivity contribution in [3.63, 3.8) is 0 Å². The van der Waals surface area contributed by atoms with E-state index < -0.39 is 10.0 Å². The van der Waals surface area contributed by atoms with Crippen LogP contribution in [0, 0.1) is 20.8 Å². The summed E-state index contributed by atoms with van der Waals surface area (Å²) in [7, 11) is -3.65. The van der Waals surface area contributed by atoms with Crippen molar-refractivity contribution in [1.82, 2.24) is 9.88 Å². The van der Waals surface area contributed by atoms with Crippen molar-refractivity contribution in [2.24, 2.45) is 0 Å². The minimum Gasteiger partial charge on any atom is -0.399 e. The minimum atomic E-state index is -3.65. The van der Waals surface area contributed by atoms with E-state index in [4.69, 9.17) is 10.3 Å². The third-order valence-corrected chi connectivity index (χ3v) is 4.82. The van der Waals surface area contributed by atoms with Gasteiger partial charge in [-0.3, -0.25) is 0 Å². The van der Waals surface area contributed by atoms with Crippen LogP contribution in [0.2, 0.25) is 0 Å². The molecule has 0 fully saturated rings. The van der Waals surface area contributed by atoms with E-state index in [0.717, 1.165) is 11.1 Å². The molecule has 0 radical (unpaired) electrons. The second kappa shape index (κ2) is 5.26. The Kier molecular flexibility index (Phi) is 3.82. The fourth-order valence-electron chi connectivity index (χ4n) is 2.00. The van der Waals surface area contributed by atoms with Crippen LogP contribution in [0.4, 0.5) is 5.69 Å². The molecule has 6 nitrogen and oxygen atoms in total. The fraction of sp³-hybridized carbons (Fsp3) is 0.308. The highest BCUT2D eigenvalue weighted by Crippen LogP contribution is 2.20. The van der Waals surface area contributed by atoms with Gasteiger partial charge in [-0.1, -0.05) is 17.3 Å². The molecule has 0 unspecified atom stereocenters. The first kappa shape index (κ1) is 14.5. The molecule has 0 saturated carbocycles. The van der Waals surface area contributed by atoms with Gasteiger partial charge in [0.2, 0.25) is 10.0 Å². The van der Waals surface area contributed by atoms with Crippen LogP contribution < -0.4 is 10.5 Å². The summed E-state index contributed by atoms with van der Waals surface area (Å²) in [6.45, 7) is 5.19. The summed E-state index contributed by atoms with van der Waals surface area (Å²) in [6, 6.07) is 5.41. The first-order valence-electron chi connectivity index (χ1n) is 6.09. The van der Waals surface area contributed by atoms with Crippen LogP contribution in [-0.4, -0.2) is 13.6 Å². The van der Waals surface area contributed by atoms with Crippen LogP contribution in [-0.2, 0) is 16.6 Å². The molecule has 1 heterocycles. The number of aromatic nitrogens is 1. The highest BCUT2D eigenvalue weighted by atomic mass is 32.2. The first-order valence-corrected chi connectivity index (χ1v) is 7.57. The Morgan fingerprint density at radius 2 is 2.00 bits per heavy atom. The molecule has 3 N–H and O–H groups in total. The maximum Gasteiger partial charge on any atom is 0.246 e. The molecule has 20 heavy (non-hydrogen) atoms. The zero-order valence-electron chi connectivity index (χ0n) is 11.6. The Balaban J connectivity index is 2.24. The smallest absolute Gasteiger partial charge is 0.246 e. The van der Waals surface area contributed by atoms with Crippen molar-refractivity contribution in [2.45, 2.75) is 32.2 Å². The lowest BCUT2D eigenvalue weighted by molar-refractivity contribution is 0.390. The predicted molar refractivity (Wildman–Crippen MR) is 75.6 cm³/mol. The van der Waals surface area contributed by atoms with E-state index in [0.29, 0.717) is 11.4 Å². The van der Waals surface area contributed by atoms with Gasteiger partial charge in [0.1, 0.15) is 10.6 Å². The number of anilines is 1. The van der Waals surface area contributed by atoms with E-state index in [1.54, 1.807) is 26.0 Å². The summed E-state index contributed by atoms with van der Waals surface area (Å²) < 4.78 is 32.0. The second-order valence-corrected chi connectivity index (χ2v) is 6.31. The first-order chi connectivity index (χ1) is 9.33. The number of hydrogen-bond acceptors (Lipinski definition) is 5. The van der Waals surface area contributed by atoms with Gasteiger partial charge in [-0.2, -0.15) is 0 Å². The largest absolute Gasteiger partial charge is 0.399 e. The highest BCUT2D eigenvalue weighted by molar-refractivity contribution is 7.89. The standard InChI is InChI=1S/C13H17N3O3S/c1-8-11(5-4-6-12(8)14)7-15-20(17,18)13-9(2)16-19-10(13)3/h4-6,15H,7,14H2,1-3H3. The maximum atomic E-state index is 12.3. The van der Waals surface area contributed by atoms with Crippen LogP contribution in [0.5, 0.6) is 0 Å². The fourth-order valence-corrected chi connectivity index (χ4v) is 3.33.